The van der Waals surface area contributed by atoms with Crippen LogP contribution in [-0.4, -0.2) is 50.4 Å². The monoisotopic (exact) mass is 499 g/mol. The van der Waals surface area contributed by atoms with Gasteiger partial charge in [-0.05, 0) is 47.7 Å². The third-order valence-corrected chi connectivity index (χ3v) is 8.35. The molecule has 1 aromatic carbocycles. The first-order valence-corrected chi connectivity index (χ1v) is 13.8. The molecular formula is C27H32FN2O4S. The summed E-state index contributed by atoms with van der Waals surface area (Å²) in [6.45, 7) is 6.16. The average molecular weight is 500 g/mol. The van der Waals surface area contributed by atoms with Crippen molar-refractivity contribution in [2.75, 3.05) is 25.1 Å². The number of hydrogen-bond donors (Lipinski definition) is 1. The molecule has 2 aliphatic heterocycles. The van der Waals surface area contributed by atoms with E-state index < -0.39 is 15.7 Å². The molecule has 2 heterocycles. The highest BCUT2D eigenvalue weighted by molar-refractivity contribution is 7.91. The number of carbonyl (C=O) groups is 1. The Balaban J connectivity index is 1.85. The summed E-state index contributed by atoms with van der Waals surface area (Å²) < 4.78 is 46.2. The van der Waals surface area contributed by atoms with Crippen molar-refractivity contribution < 1.29 is 22.3 Å². The minimum atomic E-state index is -3.28. The van der Waals surface area contributed by atoms with Crippen molar-refractivity contribution in [3.05, 3.63) is 82.9 Å². The van der Waals surface area contributed by atoms with E-state index in [0.717, 1.165) is 12.0 Å². The molecule has 1 saturated heterocycles. The number of sulfone groups is 1. The molecule has 187 valence electrons. The fourth-order valence-electron chi connectivity index (χ4n) is 4.74. The van der Waals surface area contributed by atoms with Crippen molar-refractivity contribution in [1.29, 1.82) is 0 Å². The van der Waals surface area contributed by atoms with Crippen LogP contribution < -0.4 is 10.1 Å². The van der Waals surface area contributed by atoms with Gasteiger partial charge in [-0.15, -0.1) is 0 Å². The molecule has 1 radical (unpaired) electrons. The first kappa shape index (κ1) is 25.4. The van der Waals surface area contributed by atoms with Gasteiger partial charge in [0.15, 0.2) is 21.4 Å². The SMILES string of the molecule is CCS(=O)(=O)CC1=CC(C2=CN(C)C(=O)C3NCCC23)=C(Oc2cccc(C(C)C)c2F)C=C[CH]1. The van der Waals surface area contributed by atoms with Crippen LogP contribution in [0, 0.1) is 18.2 Å². The molecule has 35 heavy (non-hydrogen) atoms. The number of nitrogens with one attached hydrogen (secondary N) is 1. The van der Waals surface area contributed by atoms with Gasteiger partial charge in [-0.3, -0.25) is 4.79 Å². The van der Waals surface area contributed by atoms with Crippen molar-refractivity contribution in [1.82, 2.24) is 10.2 Å². The molecule has 0 aromatic heterocycles. The number of likely N-dealkylation sites (N-methyl/N-ethyl adjacent to an activating group) is 1. The number of amides is 1. The Morgan fingerprint density at radius 3 is 2.77 bits per heavy atom. The van der Waals surface area contributed by atoms with Gasteiger partial charge in [0.1, 0.15) is 5.76 Å². The van der Waals surface area contributed by atoms with E-state index in [9.17, 15) is 13.2 Å². The van der Waals surface area contributed by atoms with Gasteiger partial charge in [0.05, 0.1) is 11.8 Å². The predicted molar refractivity (Wildman–Crippen MR) is 135 cm³/mol. The fraction of sp³-hybridized carbons (Fsp3) is 0.407. The van der Waals surface area contributed by atoms with E-state index in [1.54, 1.807) is 67.9 Å². The van der Waals surface area contributed by atoms with Gasteiger partial charge in [-0.2, -0.15) is 0 Å². The molecule has 0 saturated carbocycles. The van der Waals surface area contributed by atoms with Crippen molar-refractivity contribution in [2.24, 2.45) is 5.92 Å². The summed E-state index contributed by atoms with van der Waals surface area (Å²) in [5.41, 5.74) is 2.69. The molecule has 1 aromatic rings. The van der Waals surface area contributed by atoms with Crippen molar-refractivity contribution >= 4 is 15.7 Å². The van der Waals surface area contributed by atoms with E-state index in [1.165, 1.54) is 0 Å². The molecular weight excluding hydrogens is 467 g/mol. The lowest BCUT2D eigenvalue weighted by atomic mass is 9.83. The van der Waals surface area contributed by atoms with Gasteiger partial charge in [0.25, 0.3) is 0 Å². The Kier molecular flexibility index (Phi) is 7.33. The Bertz CT molecular complexity index is 1240. The highest BCUT2D eigenvalue weighted by Gasteiger charge is 2.41. The van der Waals surface area contributed by atoms with Crippen LogP contribution >= 0.6 is 0 Å². The largest absolute Gasteiger partial charge is 0.454 e. The molecule has 0 bridgehead atoms. The zero-order valence-electron chi connectivity index (χ0n) is 20.5. The van der Waals surface area contributed by atoms with Crippen LogP contribution in [-0.2, 0) is 14.6 Å². The van der Waals surface area contributed by atoms with E-state index >= 15 is 4.39 Å². The number of rotatable bonds is 7. The second-order valence-electron chi connectivity index (χ2n) is 9.48. The maximum absolute atomic E-state index is 15.3. The number of allylic oxidation sites excluding steroid dienone is 4. The van der Waals surface area contributed by atoms with Crippen molar-refractivity contribution in [3.63, 3.8) is 0 Å². The highest BCUT2D eigenvalue weighted by Crippen LogP contribution is 2.38. The van der Waals surface area contributed by atoms with Crippen LogP contribution in [0.15, 0.2) is 65.1 Å². The van der Waals surface area contributed by atoms with Crippen LogP contribution in [0.3, 0.4) is 0 Å². The lowest BCUT2D eigenvalue weighted by molar-refractivity contribution is -0.130. The summed E-state index contributed by atoms with van der Waals surface area (Å²) in [5, 5.41) is 3.28. The molecule has 0 spiro atoms. The zero-order valence-corrected chi connectivity index (χ0v) is 21.4. The number of carbonyl (C=O) groups excluding carboxylic acids is 1. The molecule has 1 aliphatic carbocycles. The van der Waals surface area contributed by atoms with Crippen LogP contribution in [0.1, 0.15) is 38.7 Å². The summed E-state index contributed by atoms with van der Waals surface area (Å²) in [4.78, 5) is 14.3. The standard InChI is InChI=1S/C27H32FN2O4S/c1-5-35(32,33)16-18-8-6-10-23(34-24-11-7-9-19(17(2)3)25(24)28)21(14-18)22-15-30(4)27(31)26-20(22)12-13-29-26/h6-11,14-15,17,20,26,29H,5,12-13,16H2,1-4H3. The smallest absolute Gasteiger partial charge is 0.244 e. The first-order chi connectivity index (χ1) is 16.6. The molecule has 1 fully saturated rings. The van der Waals surface area contributed by atoms with Gasteiger partial charge in [-0.1, -0.05) is 45.1 Å². The van der Waals surface area contributed by atoms with Gasteiger partial charge in [0, 0.05) is 36.9 Å². The zero-order chi connectivity index (χ0) is 25.3. The molecule has 2 unspecified atom stereocenters. The number of nitrogens with zero attached hydrogens (tertiary/aromatic N) is 1. The summed E-state index contributed by atoms with van der Waals surface area (Å²) in [5.74, 6) is -0.101. The molecule has 1 amide bonds. The van der Waals surface area contributed by atoms with E-state index in [4.69, 9.17) is 4.74 Å². The van der Waals surface area contributed by atoms with Crippen LogP contribution in [0.5, 0.6) is 5.75 Å². The van der Waals surface area contributed by atoms with Gasteiger partial charge < -0.3 is 15.0 Å². The Morgan fingerprint density at radius 2 is 2.06 bits per heavy atom. The lowest BCUT2D eigenvalue weighted by Crippen LogP contribution is -2.46. The van der Waals surface area contributed by atoms with E-state index in [1.807, 2.05) is 13.8 Å². The topological polar surface area (TPSA) is 75.7 Å². The third kappa shape index (κ3) is 5.28. The van der Waals surface area contributed by atoms with Crippen LogP contribution in [0.25, 0.3) is 0 Å². The second kappa shape index (κ2) is 10.1. The minimum Gasteiger partial charge on any atom is -0.454 e. The molecule has 8 heteroatoms. The van der Waals surface area contributed by atoms with Crippen LogP contribution in [0.4, 0.5) is 4.39 Å². The normalized spacial score (nSPS) is 22.8. The number of hydrogen-bond acceptors (Lipinski definition) is 5. The molecule has 1 N–H and O–H groups in total. The fourth-order valence-corrected chi connectivity index (χ4v) is 5.63. The second-order valence-corrected chi connectivity index (χ2v) is 11.8. The van der Waals surface area contributed by atoms with E-state index in [0.29, 0.717) is 29.0 Å². The summed E-state index contributed by atoms with van der Waals surface area (Å²) in [6.07, 6.45) is 9.55. The average Bonchev–Trinajstić information content (AvgIpc) is 3.22. The number of benzene rings is 1. The number of fused-ring (bicyclic) bond motifs is 1. The maximum Gasteiger partial charge on any atom is 0.244 e. The summed E-state index contributed by atoms with van der Waals surface area (Å²) >= 11 is 0. The Morgan fingerprint density at radius 1 is 1.29 bits per heavy atom. The highest BCUT2D eigenvalue weighted by atomic mass is 32.2. The Hall–Kier alpha value is -2.71. The Labute approximate surface area is 207 Å². The minimum absolute atomic E-state index is 0.0107. The molecule has 6 nitrogen and oxygen atoms in total. The predicted octanol–water partition coefficient (Wildman–Crippen LogP) is 4.05. The van der Waals surface area contributed by atoms with Gasteiger partial charge in [0.2, 0.25) is 5.91 Å². The van der Waals surface area contributed by atoms with Gasteiger partial charge in [-0.25, -0.2) is 12.8 Å². The van der Waals surface area contributed by atoms with Crippen molar-refractivity contribution in [3.8, 4) is 5.75 Å². The van der Waals surface area contributed by atoms with E-state index in [-0.39, 0.29) is 41.0 Å². The van der Waals surface area contributed by atoms with Gasteiger partial charge >= 0.3 is 0 Å². The first-order valence-electron chi connectivity index (χ1n) is 12.0. The number of halogens is 1. The molecule has 2 atom stereocenters. The third-order valence-electron chi connectivity index (χ3n) is 6.69. The maximum atomic E-state index is 15.3. The summed E-state index contributed by atoms with van der Waals surface area (Å²) in [7, 11) is -1.57. The molecule has 4 rings (SSSR count). The lowest BCUT2D eigenvalue weighted by Gasteiger charge is -2.32. The summed E-state index contributed by atoms with van der Waals surface area (Å²) in [6, 6.07) is 4.73. The number of ether oxygens (including phenoxy) is 1. The quantitative estimate of drug-likeness (QED) is 0.613. The molecule has 3 aliphatic rings. The van der Waals surface area contributed by atoms with Crippen molar-refractivity contribution in [2.45, 2.75) is 39.2 Å². The van der Waals surface area contributed by atoms with Crippen LogP contribution in [0.2, 0.25) is 0 Å². The van der Waals surface area contributed by atoms with E-state index in [2.05, 4.69) is 5.32 Å².